The van der Waals surface area contributed by atoms with Crippen LogP contribution in [0.5, 0.6) is 0 Å². The van der Waals surface area contributed by atoms with Gasteiger partial charge in [0, 0.05) is 23.8 Å². The number of hydrogen-bond acceptors (Lipinski definition) is 2. The van der Waals surface area contributed by atoms with Crippen molar-refractivity contribution in [1.82, 2.24) is 9.78 Å². The number of aromatic nitrogens is 2. The standard InChI is InChI=1S/C16H23N3/c1-5-16(17)14-8-6-7-13(9-14)15-10-19(11(2)3)18-12(15)4/h6-11,16H,5,17H2,1-4H3. The van der Waals surface area contributed by atoms with Crippen LogP contribution in [0.3, 0.4) is 0 Å². The topological polar surface area (TPSA) is 43.8 Å². The molecule has 19 heavy (non-hydrogen) atoms. The summed E-state index contributed by atoms with van der Waals surface area (Å²) in [6.07, 6.45) is 3.07. The van der Waals surface area contributed by atoms with Gasteiger partial charge in [0.15, 0.2) is 0 Å². The van der Waals surface area contributed by atoms with E-state index in [9.17, 15) is 0 Å². The SMILES string of the molecule is CCC(N)c1cccc(-c2cn(C(C)C)nc2C)c1. The number of rotatable bonds is 4. The number of nitrogens with two attached hydrogens (primary N) is 1. The van der Waals surface area contributed by atoms with Crippen LogP contribution in [0.2, 0.25) is 0 Å². The summed E-state index contributed by atoms with van der Waals surface area (Å²) in [6.45, 7) is 8.44. The number of aryl methyl sites for hydroxylation is 1. The Morgan fingerprint density at radius 2 is 2.05 bits per heavy atom. The maximum atomic E-state index is 6.11. The third-order valence-corrected chi connectivity index (χ3v) is 3.51. The minimum absolute atomic E-state index is 0.111. The normalized spacial score (nSPS) is 12.9. The lowest BCUT2D eigenvalue weighted by atomic mass is 9.99. The van der Waals surface area contributed by atoms with Crippen molar-refractivity contribution in [3.05, 3.63) is 41.7 Å². The monoisotopic (exact) mass is 257 g/mol. The van der Waals surface area contributed by atoms with Crippen LogP contribution < -0.4 is 5.73 Å². The molecule has 0 aliphatic rings. The van der Waals surface area contributed by atoms with E-state index in [2.05, 4.69) is 63.3 Å². The molecule has 1 aromatic carbocycles. The molecule has 0 saturated carbocycles. The Balaban J connectivity index is 2.41. The van der Waals surface area contributed by atoms with Gasteiger partial charge in [0.2, 0.25) is 0 Å². The van der Waals surface area contributed by atoms with Crippen LogP contribution >= 0.6 is 0 Å². The summed E-state index contributed by atoms with van der Waals surface area (Å²) >= 11 is 0. The highest BCUT2D eigenvalue weighted by Gasteiger charge is 2.11. The van der Waals surface area contributed by atoms with Gasteiger partial charge < -0.3 is 5.73 Å². The fraction of sp³-hybridized carbons (Fsp3) is 0.438. The zero-order valence-electron chi connectivity index (χ0n) is 12.2. The second kappa shape index (κ2) is 5.57. The fourth-order valence-corrected chi connectivity index (χ4v) is 2.20. The molecule has 3 heteroatoms. The third-order valence-electron chi connectivity index (χ3n) is 3.51. The van der Waals surface area contributed by atoms with Crippen molar-refractivity contribution < 1.29 is 0 Å². The van der Waals surface area contributed by atoms with Crippen molar-refractivity contribution >= 4 is 0 Å². The number of nitrogens with zero attached hydrogens (tertiary/aromatic N) is 2. The quantitative estimate of drug-likeness (QED) is 0.904. The maximum absolute atomic E-state index is 6.11. The molecule has 0 radical (unpaired) electrons. The van der Waals surface area contributed by atoms with Gasteiger partial charge in [0.25, 0.3) is 0 Å². The van der Waals surface area contributed by atoms with Crippen molar-refractivity contribution in [2.75, 3.05) is 0 Å². The Morgan fingerprint density at radius 3 is 2.63 bits per heavy atom. The molecular formula is C16H23N3. The first-order chi connectivity index (χ1) is 9.02. The molecule has 1 unspecified atom stereocenters. The molecule has 0 aliphatic heterocycles. The highest BCUT2D eigenvalue weighted by molar-refractivity contribution is 5.66. The molecule has 2 rings (SSSR count). The van der Waals surface area contributed by atoms with Crippen molar-refractivity contribution in [2.45, 2.75) is 46.2 Å². The summed E-state index contributed by atoms with van der Waals surface area (Å²) < 4.78 is 2.01. The Kier molecular flexibility index (Phi) is 4.05. The Bertz CT molecular complexity index is 555. The summed E-state index contributed by atoms with van der Waals surface area (Å²) in [5.41, 5.74) is 10.8. The first kappa shape index (κ1) is 13.8. The summed E-state index contributed by atoms with van der Waals surface area (Å²) in [5, 5.41) is 4.57. The van der Waals surface area contributed by atoms with Gasteiger partial charge in [-0.05, 0) is 44.4 Å². The van der Waals surface area contributed by atoms with Crippen LogP contribution in [-0.2, 0) is 0 Å². The van der Waals surface area contributed by atoms with Crippen molar-refractivity contribution in [3.8, 4) is 11.1 Å². The predicted octanol–water partition coefficient (Wildman–Crippen LogP) is 3.85. The van der Waals surface area contributed by atoms with Crippen LogP contribution in [0, 0.1) is 6.92 Å². The maximum Gasteiger partial charge on any atom is 0.0672 e. The molecule has 0 amide bonds. The molecule has 2 N–H and O–H groups in total. The highest BCUT2D eigenvalue weighted by Crippen LogP contribution is 2.26. The molecule has 0 spiro atoms. The summed E-state index contributed by atoms with van der Waals surface area (Å²) in [5.74, 6) is 0. The fourth-order valence-electron chi connectivity index (χ4n) is 2.20. The number of benzene rings is 1. The van der Waals surface area contributed by atoms with E-state index in [4.69, 9.17) is 5.73 Å². The van der Waals surface area contributed by atoms with E-state index in [0.29, 0.717) is 6.04 Å². The average molecular weight is 257 g/mol. The summed E-state index contributed by atoms with van der Waals surface area (Å²) in [4.78, 5) is 0. The van der Waals surface area contributed by atoms with E-state index in [0.717, 1.165) is 12.1 Å². The molecule has 102 valence electrons. The Morgan fingerprint density at radius 1 is 1.32 bits per heavy atom. The van der Waals surface area contributed by atoms with E-state index < -0.39 is 0 Å². The lowest BCUT2D eigenvalue weighted by Gasteiger charge is -2.10. The van der Waals surface area contributed by atoms with E-state index in [1.54, 1.807) is 0 Å². The van der Waals surface area contributed by atoms with Crippen molar-refractivity contribution in [3.63, 3.8) is 0 Å². The molecule has 3 nitrogen and oxygen atoms in total. The van der Waals surface area contributed by atoms with Crippen LogP contribution in [0.4, 0.5) is 0 Å². The molecular weight excluding hydrogens is 234 g/mol. The molecule has 0 fully saturated rings. The van der Waals surface area contributed by atoms with Gasteiger partial charge in [0.1, 0.15) is 0 Å². The average Bonchev–Trinajstić information content (AvgIpc) is 2.80. The zero-order chi connectivity index (χ0) is 14.0. The third kappa shape index (κ3) is 2.87. The predicted molar refractivity (Wildman–Crippen MR) is 80.0 cm³/mol. The van der Waals surface area contributed by atoms with Gasteiger partial charge in [-0.15, -0.1) is 0 Å². The minimum atomic E-state index is 0.111. The minimum Gasteiger partial charge on any atom is -0.324 e. The molecule has 0 aliphatic carbocycles. The van der Waals surface area contributed by atoms with E-state index >= 15 is 0 Å². The first-order valence-corrected chi connectivity index (χ1v) is 6.94. The van der Waals surface area contributed by atoms with Gasteiger partial charge in [-0.1, -0.05) is 25.1 Å². The van der Waals surface area contributed by atoms with E-state index in [-0.39, 0.29) is 6.04 Å². The van der Waals surface area contributed by atoms with Crippen LogP contribution in [0.25, 0.3) is 11.1 Å². The second-order valence-electron chi connectivity index (χ2n) is 5.34. The van der Waals surface area contributed by atoms with Crippen molar-refractivity contribution in [2.24, 2.45) is 5.73 Å². The van der Waals surface area contributed by atoms with E-state index in [1.165, 1.54) is 16.7 Å². The van der Waals surface area contributed by atoms with Gasteiger partial charge in [0.05, 0.1) is 5.69 Å². The van der Waals surface area contributed by atoms with Gasteiger partial charge >= 0.3 is 0 Å². The molecule has 2 aromatic rings. The van der Waals surface area contributed by atoms with Crippen LogP contribution in [0.15, 0.2) is 30.5 Å². The van der Waals surface area contributed by atoms with E-state index in [1.807, 2.05) is 4.68 Å². The molecule has 1 aromatic heterocycles. The molecule has 1 heterocycles. The zero-order valence-corrected chi connectivity index (χ0v) is 12.2. The first-order valence-electron chi connectivity index (χ1n) is 6.94. The van der Waals surface area contributed by atoms with Crippen LogP contribution in [0.1, 0.15) is 50.5 Å². The van der Waals surface area contributed by atoms with Crippen LogP contribution in [-0.4, -0.2) is 9.78 Å². The largest absolute Gasteiger partial charge is 0.324 e. The molecule has 1 atom stereocenters. The molecule has 0 saturated heterocycles. The molecule has 0 bridgehead atoms. The lowest BCUT2D eigenvalue weighted by molar-refractivity contribution is 0.529. The van der Waals surface area contributed by atoms with Gasteiger partial charge in [-0.2, -0.15) is 5.10 Å². The lowest BCUT2D eigenvalue weighted by Crippen LogP contribution is -2.08. The summed E-state index contributed by atoms with van der Waals surface area (Å²) in [6, 6.07) is 8.98. The second-order valence-corrected chi connectivity index (χ2v) is 5.34. The number of hydrogen-bond donors (Lipinski definition) is 1. The summed E-state index contributed by atoms with van der Waals surface area (Å²) in [7, 11) is 0. The van der Waals surface area contributed by atoms with Crippen molar-refractivity contribution in [1.29, 1.82) is 0 Å². The van der Waals surface area contributed by atoms with Gasteiger partial charge in [-0.25, -0.2) is 0 Å². The Hall–Kier alpha value is -1.61. The van der Waals surface area contributed by atoms with Gasteiger partial charge in [-0.3, -0.25) is 4.68 Å². The Labute approximate surface area is 115 Å². The smallest absolute Gasteiger partial charge is 0.0672 e. The highest BCUT2D eigenvalue weighted by atomic mass is 15.3.